The number of halogens is 3. The minimum absolute atomic E-state index is 0.113. The van der Waals surface area contributed by atoms with Gasteiger partial charge in [0.25, 0.3) is 0 Å². The molecule has 3 rings (SSSR count). The smallest absolute Gasteiger partial charge is 0.225 e. The third kappa shape index (κ3) is 4.81. The molecule has 0 aliphatic rings. The van der Waals surface area contributed by atoms with Crippen molar-refractivity contribution in [1.82, 2.24) is 10.2 Å². The highest BCUT2D eigenvalue weighted by atomic mass is 19.2. The summed E-state index contributed by atoms with van der Waals surface area (Å²) in [6, 6.07) is 14.3. The summed E-state index contributed by atoms with van der Waals surface area (Å²) < 4.78 is 39.8. The topological polar surface area (TPSA) is 66.9 Å². The summed E-state index contributed by atoms with van der Waals surface area (Å²) in [5.41, 5.74) is 0.773. The van der Waals surface area contributed by atoms with Crippen molar-refractivity contribution >= 4 is 23.2 Å². The van der Waals surface area contributed by atoms with Crippen molar-refractivity contribution in [2.75, 3.05) is 10.6 Å². The van der Waals surface area contributed by atoms with Gasteiger partial charge in [0.15, 0.2) is 29.1 Å². The maximum atomic E-state index is 13.6. The zero-order valence-corrected chi connectivity index (χ0v) is 14.0. The maximum Gasteiger partial charge on any atom is 0.225 e. The first-order valence-corrected chi connectivity index (χ1v) is 8.11. The van der Waals surface area contributed by atoms with E-state index in [0.717, 1.165) is 17.7 Å². The summed E-state index contributed by atoms with van der Waals surface area (Å²) in [5, 5.41) is 12.7. The number of benzene rings is 2. The molecule has 0 radical (unpaired) electrons. The second-order valence-electron chi connectivity index (χ2n) is 5.69. The molecule has 3 aromatic rings. The molecular weight excluding hydrogens is 357 g/mol. The number of aromatic nitrogens is 2. The van der Waals surface area contributed by atoms with Crippen LogP contribution in [0.1, 0.15) is 12.0 Å². The van der Waals surface area contributed by atoms with Gasteiger partial charge in [-0.3, -0.25) is 4.79 Å². The number of amides is 1. The number of rotatable bonds is 6. The molecule has 2 aromatic carbocycles. The van der Waals surface area contributed by atoms with Crippen LogP contribution in [0, 0.1) is 17.5 Å². The first-order chi connectivity index (χ1) is 13.0. The van der Waals surface area contributed by atoms with Crippen LogP contribution in [0.3, 0.4) is 0 Å². The first kappa shape index (κ1) is 18.4. The molecule has 0 unspecified atom stereocenters. The molecule has 0 saturated carbocycles. The van der Waals surface area contributed by atoms with Gasteiger partial charge in [0.1, 0.15) is 0 Å². The van der Waals surface area contributed by atoms with E-state index >= 15 is 0 Å². The number of nitrogens with one attached hydrogen (secondary N) is 2. The highest BCUT2D eigenvalue weighted by Gasteiger charge is 2.14. The maximum absolute atomic E-state index is 13.6. The SMILES string of the molecule is O=C(CCc1ccccc1)Nc1ccc(Nc2ccc(F)c(F)c2F)nn1. The van der Waals surface area contributed by atoms with Crippen LogP contribution in [0.15, 0.2) is 54.6 Å². The third-order valence-electron chi connectivity index (χ3n) is 3.71. The summed E-state index contributed by atoms with van der Waals surface area (Å²) in [5.74, 6) is -4.09. The molecule has 1 heterocycles. The number of hydrogen-bond donors (Lipinski definition) is 2. The van der Waals surface area contributed by atoms with Crippen molar-refractivity contribution in [3.05, 3.63) is 77.6 Å². The Morgan fingerprint density at radius 3 is 2.26 bits per heavy atom. The molecule has 8 heteroatoms. The molecule has 0 atom stereocenters. The Kier molecular flexibility index (Phi) is 5.65. The van der Waals surface area contributed by atoms with Crippen LogP contribution in [0.25, 0.3) is 0 Å². The van der Waals surface area contributed by atoms with Gasteiger partial charge in [-0.05, 0) is 36.2 Å². The summed E-state index contributed by atoms with van der Waals surface area (Å²) in [6.07, 6.45) is 0.876. The van der Waals surface area contributed by atoms with E-state index in [1.807, 2.05) is 30.3 Å². The van der Waals surface area contributed by atoms with E-state index in [1.165, 1.54) is 12.1 Å². The highest BCUT2D eigenvalue weighted by Crippen LogP contribution is 2.22. The van der Waals surface area contributed by atoms with Crippen LogP contribution in [0.2, 0.25) is 0 Å². The predicted molar refractivity (Wildman–Crippen MR) is 95.0 cm³/mol. The Bertz CT molecular complexity index is 934. The van der Waals surface area contributed by atoms with Gasteiger partial charge in [0.2, 0.25) is 5.91 Å². The van der Waals surface area contributed by atoms with Crippen LogP contribution < -0.4 is 10.6 Å². The quantitative estimate of drug-likeness (QED) is 0.636. The fourth-order valence-corrected chi connectivity index (χ4v) is 2.33. The van der Waals surface area contributed by atoms with Crippen molar-refractivity contribution < 1.29 is 18.0 Å². The van der Waals surface area contributed by atoms with Crippen molar-refractivity contribution in [3.8, 4) is 0 Å². The Morgan fingerprint density at radius 1 is 0.852 bits per heavy atom. The molecule has 0 bridgehead atoms. The lowest BCUT2D eigenvalue weighted by Crippen LogP contribution is -2.14. The normalized spacial score (nSPS) is 10.5. The van der Waals surface area contributed by atoms with Gasteiger partial charge < -0.3 is 10.6 Å². The minimum Gasteiger partial charge on any atom is -0.336 e. The van der Waals surface area contributed by atoms with Gasteiger partial charge >= 0.3 is 0 Å². The van der Waals surface area contributed by atoms with Crippen LogP contribution >= 0.6 is 0 Å². The van der Waals surface area contributed by atoms with Crippen LogP contribution in [-0.2, 0) is 11.2 Å². The van der Waals surface area contributed by atoms with Crippen molar-refractivity contribution in [3.63, 3.8) is 0 Å². The fraction of sp³-hybridized carbons (Fsp3) is 0.105. The fourth-order valence-electron chi connectivity index (χ4n) is 2.33. The molecule has 0 spiro atoms. The summed E-state index contributed by atoms with van der Waals surface area (Å²) in [6.45, 7) is 0. The monoisotopic (exact) mass is 372 g/mol. The molecule has 0 aliphatic heterocycles. The number of nitrogens with zero attached hydrogens (tertiary/aromatic N) is 2. The Balaban J connectivity index is 1.57. The van der Waals surface area contributed by atoms with E-state index in [2.05, 4.69) is 20.8 Å². The summed E-state index contributed by atoms with van der Waals surface area (Å²) >= 11 is 0. The second-order valence-corrected chi connectivity index (χ2v) is 5.69. The Labute approximate surface area is 153 Å². The van der Waals surface area contributed by atoms with E-state index in [0.29, 0.717) is 6.42 Å². The van der Waals surface area contributed by atoms with Gasteiger partial charge in [0.05, 0.1) is 5.69 Å². The Hall–Kier alpha value is -3.42. The third-order valence-corrected chi connectivity index (χ3v) is 3.71. The molecular formula is C19H15F3N4O. The van der Waals surface area contributed by atoms with Crippen LogP contribution in [0.4, 0.5) is 30.5 Å². The zero-order valence-electron chi connectivity index (χ0n) is 14.0. The molecule has 2 N–H and O–H groups in total. The molecule has 0 aliphatic carbocycles. The lowest BCUT2D eigenvalue weighted by molar-refractivity contribution is -0.116. The van der Waals surface area contributed by atoms with Crippen molar-refractivity contribution in [2.45, 2.75) is 12.8 Å². The van der Waals surface area contributed by atoms with Crippen LogP contribution in [0.5, 0.6) is 0 Å². The largest absolute Gasteiger partial charge is 0.336 e. The highest BCUT2D eigenvalue weighted by molar-refractivity contribution is 5.89. The van der Waals surface area contributed by atoms with Gasteiger partial charge in [0, 0.05) is 6.42 Å². The van der Waals surface area contributed by atoms with Crippen LogP contribution in [-0.4, -0.2) is 16.1 Å². The van der Waals surface area contributed by atoms with Gasteiger partial charge in [-0.15, -0.1) is 10.2 Å². The number of anilines is 3. The molecule has 27 heavy (non-hydrogen) atoms. The van der Waals surface area contributed by atoms with Crippen molar-refractivity contribution in [2.24, 2.45) is 0 Å². The minimum atomic E-state index is -1.57. The second kappa shape index (κ2) is 8.31. The number of carbonyl (C=O) groups is 1. The average molecular weight is 372 g/mol. The lowest BCUT2D eigenvalue weighted by Gasteiger charge is -2.08. The molecule has 1 aromatic heterocycles. The lowest BCUT2D eigenvalue weighted by atomic mass is 10.1. The number of aryl methyl sites for hydroxylation is 1. The van der Waals surface area contributed by atoms with Gasteiger partial charge in [-0.1, -0.05) is 30.3 Å². The summed E-state index contributed by atoms with van der Waals surface area (Å²) in [7, 11) is 0. The predicted octanol–water partition coefficient (Wildman–Crippen LogP) is 4.21. The molecule has 5 nitrogen and oxygen atoms in total. The van der Waals surface area contributed by atoms with E-state index in [-0.39, 0.29) is 29.7 Å². The molecule has 0 saturated heterocycles. The standard InChI is InChI=1S/C19H15F3N4O/c20-13-7-8-14(19(22)18(13)21)23-15-9-10-16(26-25-15)24-17(27)11-6-12-4-2-1-3-5-12/h1-5,7-10H,6,11H2,(H,23,25)(H,24,26,27). The average Bonchev–Trinajstić information content (AvgIpc) is 2.69. The first-order valence-electron chi connectivity index (χ1n) is 8.11. The number of carbonyl (C=O) groups excluding carboxylic acids is 1. The van der Waals surface area contributed by atoms with Gasteiger partial charge in [-0.2, -0.15) is 0 Å². The molecule has 1 amide bonds. The van der Waals surface area contributed by atoms with E-state index < -0.39 is 17.5 Å². The van der Waals surface area contributed by atoms with E-state index in [4.69, 9.17) is 0 Å². The van der Waals surface area contributed by atoms with Gasteiger partial charge in [-0.25, -0.2) is 13.2 Å². The van der Waals surface area contributed by atoms with E-state index in [9.17, 15) is 18.0 Å². The summed E-state index contributed by atoms with van der Waals surface area (Å²) in [4.78, 5) is 12.0. The zero-order chi connectivity index (χ0) is 19.2. The molecule has 0 fully saturated rings. The van der Waals surface area contributed by atoms with E-state index in [1.54, 1.807) is 0 Å². The number of hydrogen-bond acceptors (Lipinski definition) is 4. The van der Waals surface area contributed by atoms with Crippen molar-refractivity contribution in [1.29, 1.82) is 0 Å². The Morgan fingerprint density at radius 2 is 1.56 bits per heavy atom. The molecule has 138 valence electrons.